The van der Waals surface area contributed by atoms with Crippen molar-refractivity contribution < 1.29 is 19.4 Å². The second kappa shape index (κ2) is 16.7. The molecule has 0 saturated carbocycles. The molecule has 0 amide bonds. The van der Waals surface area contributed by atoms with Gasteiger partial charge in [-0.3, -0.25) is 4.79 Å². The van der Waals surface area contributed by atoms with Crippen molar-refractivity contribution in [1.29, 1.82) is 0 Å². The van der Waals surface area contributed by atoms with Crippen molar-refractivity contribution in [2.24, 2.45) is 0 Å². The largest absolute Gasteiger partial charge is 0.478 e. The van der Waals surface area contributed by atoms with E-state index < -0.39 is 11.9 Å². The number of nitrogen functional groups attached to an aromatic ring is 1. The molecule has 3 N–H and O–H groups in total. The number of hydrogen-bond acceptors (Lipinski definition) is 4. The molecule has 0 atom stereocenters. The number of benzene rings is 1. The van der Waals surface area contributed by atoms with Crippen LogP contribution in [-0.2, 0) is 4.79 Å². The minimum atomic E-state index is -1.13. The van der Waals surface area contributed by atoms with Crippen molar-refractivity contribution in [2.45, 2.75) is 110 Å². The van der Waals surface area contributed by atoms with Crippen LogP contribution in [-0.4, -0.2) is 17.0 Å². The number of carboxylic acids is 1. The molecular weight excluding hydrogens is 378 g/mol. The van der Waals surface area contributed by atoms with Crippen molar-refractivity contribution in [1.82, 2.24) is 0 Å². The normalized spacial score (nSPS) is 10.8. The summed E-state index contributed by atoms with van der Waals surface area (Å²) in [6, 6.07) is 4.22. The molecule has 0 spiro atoms. The Morgan fingerprint density at radius 3 is 1.73 bits per heavy atom. The summed E-state index contributed by atoms with van der Waals surface area (Å²) in [6.45, 7) is 2.26. The maximum atomic E-state index is 12.0. The Morgan fingerprint density at radius 2 is 1.27 bits per heavy atom. The summed E-state index contributed by atoms with van der Waals surface area (Å²) in [4.78, 5) is 23.2. The molecule has 0 unspecified atom stereocenters. The Labute approximate surface area is 182 Å². The Kier molecular flexibility index (Phi) is 14.5. The molecule has 170 valence electrons. The van der Waals surface area contributed by atoms with Gasteiger partial charge in [0.2, 0.25) is 0 Å². The monoisotopic (exact) mass is 419 g/mol. The summed E-state index contributed by atoms with van der Waals surface area (Å²) in [5, 5.41) is 9.15. The summed E-state index contributed by atoms with van der Waals surface area (Å²) < 4.78 is 5.21. The highest BCUT2D eigenvalue weighted by Crippen LogP contribution is 2.23. The Balaban J connectivity index is 1.98. The van der Waals surface area contributed by atoms with Crippen LogP contribution < -0.4 is 10.5 Å². The smallest absolute Gasteiger partial charge is 0.339 e. The first kappa shape index (κ1) is 26.0. The molecule has 0 heterocycles. The molecular formula is C25H41NO4. The lowest BCUT2D eigenvalue weighted by Crippen LogP contribution is -2.11. The van der Waals surface area contributed by atoms with E-state index in [4.69, 9.17) is 15.6 Å². The number of aromatic carboxylic acids is 1. The number of nitrogens with two attached hydrogens (primary N) is 1. The molecule has 5 nitrogen and oxygen atoms in total. The van der Waals surface area contributed by atoms with Crippen LogP contribution >= 0.6 is 0 Å². The number of carbonyl (C=O) groups excluding carboxylic acids is 1. The van der Waals surface area contributed by atoms with E-state index in [1.54, 1.807) is 0 Å². The molecule has 0 aliphatic rings. The van der Waals surface area contributed by atoms with Crippen LogP contribution in [0.2, 0.25) is 0 Å². The average Bonchev–Trinajstić information content (AvgIpc) is 2.70. The summed E-state index contributed by atoms with van der Waals surface area (Å²) in [5.74, 6) is -1.52. The van der Waals surface area contributed by atoms with Crippen LogP contribution in [0.25, 0.3) is 0 Å². The highest BCUT2D eigenvalue weighted by Gasteiger charge is 2.14. The topological polar surface area (TPSA) is 89.6 Å². The van der Waals surface area contributed by atoms with E-state index in [0.717, 1.165) is 19.3 Å². The first-order valence-electron chi connectivity index (χ1n) is 11.9. The van der Waals surface area contributed by atoms with Gasteiger partial charge >= 0.3 is 11.9 Å². The van der Waals surface area contributed by atoms with Crippen LogP contribution in [0.1, 0.15) is 120 Å². The predicted molar refractivity (Wildman–Crippen MR) is 123 cm³/mol. The van der Waals surface area contributed by atoms with Gasteiger partial charge in [-0.05, 0) is 18.6 Å². The number of ether oxygens (including phenoxy) is 1. The molecule has 5 heteroatoms. The van der Waals surface area contributed by atoms with Crippen LogP contribution in [0.5, 0.6) is 5.75 Å². The van der Waals surface area contributed by atoms with Gasteiger partial charge in [-0.25, -0.2) is 4.79 Å². The van der Waals surface area contributed by atoms with Gasteiger partial charge in [-0.15, -0.1) is 0 Å². The van der Waals surface area contributed by atoms with Crippen molar-refractivity contribution in [3.05, 3.63) is 23.8 Å². The highest BCUT2D eigenvalue weighted by molar-refractivity contribution is 5.92. The number of carboxylic acid groups (broad SMARTS) is 1. The highest BCUT2D eigenvalue weighted by atomic mass is 16.5. The molecule has 0 saturated heterocycles. The third kappa shape index (κ3) is 12.5. The van der Waals surface area contributed by atoms with Crippen molar-refractivity contribution in [2.75, 3.05) is 5.73 Å². The summed E-state index contributed by atoms with van der Waals surface area (Å²) >= 11 is 0. The minimum absolute atomic E-state index is 0.0217. The average molecular weight is 420 g/mol. The van der Waals surface area contributed by atoms with Crippen molar-refractivity contribution >= 4 is 17.6 Å². The second-order valence-corrected chi connectivity index (χ2v) is 8.23. The molecule has 0 fully saturated rings. The molecule has 0 radical (unpaired) electrons. The lowest BCUT2D eigenvalue weighted by atomic mass is 10.0. The number of esters is 1. The number of unbranched alkanes of at least 4 members (excludes halogenated alkanes) is 14. The molecule has 0 bridgehead atoms. The van der Waals surface area contributed by atoms with E-state index in [-0.39, 0.29) is 11.3 Å². The molecule has 0 aliphatic heterocycles. The van der Waals surface area contributed by atoms with Gasteiger partial charge in [0, 0.05) is 18.2 Å². The van der Waals surface area contributed by atoms with Crippen LogP contribution in [0.3, 0.4) is 0 Å². The van der Waals surface area contributed by atoms with E-state index >= 15 is 0 Å². The third-order valence-electron chi connectivity index (χ3n) is 5.44. The number of carbonyl (C=O) groups is 2. The summed E-state index contributed by atoms with van der Waals surface area (Å²) in [7, 11) is 0. The SMILES string of the molecule is CCCCCCCCCCCCCCCCCC(=O)Oc1cc(N)ccc1C(=O)O. The molecule has 1 rings (SSSR count). The lowest BCUT2D eigenvalue weighted by Gasteiger charge is -2.08. The number of rotatable bonds is 18. The molecule has 0 aromatic heterocycles. The molecule has 30 heavy (non-hydrogen) atoms. The maximum Gasteiger partial charge on any atom is 0.339 e. The minimum Gasteiger partial charge on any atom is -0.478 e. The van der Waals surface area contributed by atoms with Crippen LogP contribution in [0.15, 0.2) is 18.2 Å². The van der Waals surface area contributed by atoms with E-state index in [2.05, 4.69) is 6.92 Å². The van der Waals surface area contributed by atoms with E-state index in [1.807, 2.05) is 0 Å². The van der Waals surface area contributed by atoms with E-state index in [1.165, 1.54) is 95.2 Å². The van der Waals surface area contributed by atoms with E-state index in [9.17, 15) is 9.59 Å². The van der Waals surface area contributed by atoms with Crippen LogP contribution in [0, 0.1) is 0 Å². The second-order valence-electron chi connectivity index (χ2n) is 8.23. The molecule has 0 aliphatic carbocycles. The zero-order valence-corrected chi connectivity index (χ0v) is 18.8. The standard InChI is InChI=1S/C25H41NO4/c1-2-3-4-5-6-7-8-9-10-11-12-13-14-15-16-17-24(27)30-23-20-21(26)18-19-22(23)25(28)29/h18-20H,2-17,26H2,1H3,(H,28,29). The van der Waals surface area contributed by atoms with Gasteiger partial charge in [0.1, 0.15) is 11.3 Å². The fourth-order valence-electron chi connectivity index (χ4n) is 3.61. The van der Waals surface area contributed by atoms with Gasteiger partial charge in [0.15, 0.2) is 0 Å². The third-order valence-corrected chi connectivity index (χ3v) is 5.44. The van der Waals surface area contributed by atoms with Gasteiger partial charge in [-0.1, -0.05) is 96.8 Å². The molecule has 1 aromatic rings. The zero-order chi connectivity index (χ0) is 22.0. The zero-order valence-electron chi connectivity index (χ0n) is 18.8. The van der Waals surface area contributed by atoms with E-state index in [0.29, 0.717) is 12.1 Å². The number of anilines is 1. The fraction of sp³-hybridized carbons (Fsp3) is 0.680. The van der Waals surface area contributed by atoms with Crippen molar-refractivity contribution in [3.8, 4) is 5.75 Å². The van der Waals surface area contributed by atoms with Gasteiger partial charge in [-0.2, -0.15) is 0 Å². The Hall–Kier alpha value is -2.04. The van der Waals surface area contributed by atoms with Crippen LogP contribution in [0.4, 0.5) is 5.69 Å². The van der Waals surface area contributed by atoms with Crippen molar-refractivity contribution in [3.63, 3.8) is 0 Å². The summed E-state index contributed by atoms with van der Waals surface area (Å²) in [6.07, 6.45) is 19.4. The Morgan fingerprint density at radius 1 is 0.800 bits per heavy atom. The summed E-state index contributed by atoms with van der Waals surface area (Å²) in [5.41, 5.74) is 5.98. The first-order chi connectivity index (χ1) is 14.5. The van der Waals surface area contributed by atoms with Gasteiger partial charge in [0.25, 0.3) is 0 Å². The lowest BCUT2D eigenvalue weighted by molar-refractivity contribution is -0.134. The maximum absolute atomic E-state index is 12.0. The fourth-order valence-corrected chi connectivity index (χ4v) is 3.61. The predicted octanol–water partition coefficient (Wildman–Crippen LogP) is 7.13. The Bertz CT molecular complexity index is 615. The van der Waals surface area contributed by atoms with Gasteiger partial charge < -0.3 is 15.6 Å². The number of hydrogen-bond donors (Lipinski definition) is 2. The first-order valence-corrected chi connectivity index (χ1v) is 11.9. The van der Waals surface area contributed by atoms with Gasteiger partial charge in [0.05, 0.1) is 0 Å². The quantitative estimate of drug-likeness (QED) is 0.114. The molecule has 1 aromatic carbocycles.